The number of ether oxygens (including phenoxy) is 1. The van der Waals surface area contributed by atoms with Gasteiger partial charge in [0, 0.05) is 26.1 Å². The predicted molar refractivity (Wildman–Crippen MR) is 99.9 cm³/mol. The van der Waals surface area contributed by atoms with E-state index in [1.54, 1.807) is 19.2 Å². The van der Waals surface area contributed by atoms with Crippen molar-refractivity contribution in [2.75, 3.05) is 19.0 Å². The molecule has 1 saturated heterocycles. The van der Waals surface area contributed by atoms with E-state index >= 15 is 0 Å². The number of hydrogen-bond donors (Lipinski definition) is 2. The largest absolute Gasteiger partial charge is 0.495 e. The molecule has 3 amide bonds. The summed E-state index contributed by atoms with van der Waals surface area (Å²) in [6.07, 6.45) is 1.54. The number of carbonyl (C=O) groups excluding carboxylic acids is 2. The third kappa shape index (κ3) is 4.33. The first-order chi connectivity index (χ1) is 12.7. The van der Waals surface area contributed by atoms with Crippen LogP contribution < -0.4 is 15.4 Å². The smallest absolute Gasteiger partial charge is 0.319 e. The number of amides is 3. The number of anilines is 1. The lowest BCUT2D eigenvalue weighted by Gasteiger charge is -2.18. The van der Waals surface area contributed by atoms with E-state index in [1.165, 1.54) is 0 Å². The molecule has 136 valence electrons. The Bertz CT molecular complexity index is 791. The van der Waals surface area contributed by atoms with Gasteiger partial charge in [0.25, 0.3) is 0 Å². The van der Waals surface area contributed by atoms with Gasteiger partial charge in [0.15, 0.2) is 0 Å². The van der Waals surface area contributed by atoms with Crippen LogP contribution in [0.15, 0.2) is 48.5 Å². The molecule has 3 rings (SSSR count). The number of nitrogens with one attached hydrogen (secondary N) is 2. The first-order valence-electron chi connectivity index (χ1n) is 8.70. The Morgan fingerprint density at radius 1 is 1.12 bits per heavy atom. The number of carbonyl (C=O) groups is 2. The van der Waals surface area contributed by atoms with E-state index in [9.17, 15) is 9.59 Å². The number of hydrogen-bond acceptors (Lipinski definition) is 3. The molecule has 0 saturated carbocycles. The lowest BCUT2D eigenvalue weighted by molar-refractivity contribution is -0.128. The molecular weight excluding hydrogens is 330 g/mol. The summed E-state index contributed by atoms with van der Waals surface area (Å²) in [6.45, 7) is 1.78. The van der Waals surface area contributed by atoms with Crippen molar-refractivity contribution in [2.45, 2.75) is 25.9 Å². The summed E-state index contributed by atoms with van der Waals surface area (Å²) in [7, 11) is 1.56. The number of rotatable bonds is 6. The summed E-state index contributed by atoms with van der Waals surface area (Å²) in [5.74, 6) is 0.803. The van der Waals surface area contributed by atoms with E-state index in [-0.39, 0.29) is 11.9 Å². The zero-order valence-corrected chi connectivity index (χ0v) is 14.8. The summed E-state index contributed by atoms with van der Waals surface area (Å²) in [5.41, 5.74) is 2.67. The second-order valence-electron chi connectivity index (χ2n) is 6.20. The maximum absolute atomic E-state index is 12.2. The highest BCUT2D eigenvalue weighted by Gasteiger charge is 2.20. The summed E-state index contributed by atoms with van der Waals surface area (Å²) in [5, 5.41) is 5.66. The molecular formula is C20H23N3O3. The summed E-state index contributed by atoms with van der Waals surface area (Å²) < 4.78 is 5.23. The van der Waals surface area contributed by atoms with Crippen molar-refractivity contribution in [1.82, 2.24) is 10.2 Å². The van der Waals surface area contributed by atoms with Crippen LogP contribution in [-0.4, -0.2) is 30.5 Å². The van der Waals surface area contributed by atoms with Crippen molar-refractivity contribution in [2.24, 2.45) is 0 Å². The van der Waals surface area contributed by atoms with E-state index in [4.69, 9.17) is 4.74 Å². The average Bonchev–Trinajstić information content (AvgIpc) is 3.06. The summed E-state index contributed by atoms with van der Waals surface area (Å²) >= 11 is 0. The van der Waals surface area contributed by atoms with Crippen molar-refractivity contribution >= 4 is 17.6 Å². The van der Waals surface area contributed by atoms with Crippen LogP contribution in [0, 0.1) is 0 Å². The topological polar surface area (TPSA) is 70.7 Å². The molecule has 1 aliphatic heterocycles. The van der Waals surface area contributed by atoms with Crippen molar-refractivity contribution in [3.8, 4) is 5.75 Å². The molecule has 26 heavy (non-hydrogen) atoms. The normalized spacial score (nSPS) is 13.6. The molecule has 2 aromatic carbocycles. The average molecular weight is 353 g/mol. The molecule has 0 unspecified atom stereocenters. The molecule has 0 atom stereocenters. The highest BCUT2D eigenvalue weighted by molar-refractivity contribution is 5.90. The number of likely N-dealkylation sites (tertiary alicyclic amines) is 1. The Kier molecular flexibility index (Phi) is 5.73. The molecule has 2 N–H and O–H groups in total. The fraction of sp³-hybridized carbons (Fsp3) is 0.300. The fourth-order valence-electron chi connectivity index (χ4n) is 3.05. The van der Waals surface area contributed by atoms with E-state index in [0.717, 1.165) is 24.1 Å². The van der Waals surface area contributed by atoms with Gasteiger partial charge in [0.2, 0.25) is 5.91 Å². The molecule has 6 nitrogen and oxygen atoms in total. The molecule has 0 aliphatic carbocycles. The number of para-hydroxylation sites is 2. The second-order valence-corrected chi connectivity index (χ2v) is 6.20. The number of urea groups is 1. The summed E-state index contributed by atoms with van der Waals surface area (Å²) in [4.78, 5) is 25.9. The quantitative estimate of drug-likeness (QED) is 0.838. The molecule has 0 radical (unpaired) electrons. The van der Waals surface area contributed by atoms with Crippen molar-refractivity contribution in [3.05, 3.63) is 59.7 Å². The van der Waals surface area contributed by atoms with Crippen molar-refractivity contribution in [1.29, 1.82) is 0 Å². The second kappa shape index (κ2) is 8.38. The van der Waals surface area contributed by atoms with Crippen molar-refractivity contribution in [3.63, 3.8) is 0 Å². The van der Waals surface area contributed by atoms with Crippen LogP contribution in [-0.2, 0) is 17.9 Å². The number of benzene rings is 2. The Morgan fingerprint density at radius 2 is 1.85 bits per heavy atom. The zero-order valence-electron chi connectivity index (χ0n) is 14.8. The van der Waals surface area contributed by atoms with Gasteiger partial charge >= 0.3 is 6.03 Å². The first kappa shape index (κ1) is 17.8. The predicted octanol–water partition coefficient (Wildman–Crippen LogP) is 3.14. The van der Waals surface area contributed by atoms with Crippen LogP contribution >= 0.6 is 0 Å². The Balaban J connectivity index is 1.60. The minimum atomic E-state index is -0.304. The highest BCUT2D eigenvalue weighted by Crippen LogP contribution is 2.23. The Hall–Kier alpha value is -3.02. The Labute approximate surface area is 153 Å². The van der Waals surface area contributed by atoms with E-state index in [1.807, 2.05) is 41.3 Å². The third-order valence-electron chi connectivity index (χ3n) is 4.45. The van der Waals surface area contributed by atoms with Gasteiger partial charge in [0.05, 0.1) is 12.8 Å². The molecule has 0 aromatic heterocycles. The Morgan fingerprint density at radius 3 is 2.58 bits per heavy atom. The molecule has 1 heterocycles. The van der Waals surface area contributed by atoms with Crippen LogP contribution in [0.1, 0.15) is 24.0 Å². The van der Waals surface area contributed by atoms with Gasteiger partial charge in [-0.15, -0.1) is 0 Å². The molecule has 1 aliphatic rings. The van der Waals surface area contributed by atoms with E-state index in [0.29, 0.717) is 30.9 Å². The standard InChI is InChI=1S/C20H23N3O3/c1-26-18-10-5-4-9-17(18)22-20(25)21-13-15-7-2-3-8-16(15)14-23-12-6-11-19(23)24/h2-5,7-10H,6,11-14H2,1H3,(H2,21,22,25). The van der Waals surface area contributed by atoms with Gasteiger partial charge in [-0.3, -0.25) is 4.79 Å². The van der Waals surface area contributed by atoms with Crippen LogP contribution in [0.4, 0.5) is 10.5 Å². The van der Waals surface area contributed by atoms with Crippen LogP contribution in [0.2, 0.25) is 0 Å². The number of nitrogens with zero attached hydrogens (tertiary/aromatic N) is 1. The first-order valence-corrected chi connectivity index (χ1v) is 8.70. The maximum atomic E-state index is 12.2. The van der Waals surface area contributed by atoms with Gasteiger partial charge in [-0.25, -0.2) is 4.79 Å². The third-order valence-corrected chi connectivity index (χ3v) is 4.45. The lowest BCUT2D eigenvalue weighted by Crippen LogP contribution is -2.29. The van der Waals surface area contributed by atoms with Gasteiger partial charge in [-0.05, 0) is 29.7 Å². The molecule has 0 spiro atoms. The maximum Gasteiger partial charge on any atom is 0.319 e. The molecule has 6 heteroatoms. The van der Waals surface area contributed by atoms with Crippen molar-refractivity contribution < 1.29 is 14.3 Å². The number of methoxy groups -OCH3 is 1. The molecule has 0 bridgehead atoms. The van der Waals surface area contributed by atoms with Crippen LogP contribution in [0.5, 0.6) is 5.75 Å². The van der Waals surface area contributed by atoms with E-state index in [2.05, 4.69) is 10.6 Å². The van der Waals surface area contributed by atoms with Crippen LogP contribution in [0.25, 0.3) is 0 Å². The zero-order chi connectivity index (χ0) is 18.4. The SMILES string of the molecule is COc1ccccc1NC(=O)NCc1ccccc1CN1CCCC1=O. The fourth-order valence-corrected chi connectivity index (χ4v) is 3.05. The van der Waals surface area contributed by atoms with Gasteiger partial charge < -0.3 is 20.3 Å². The lowest BCUT2D eigenvalue weighted by atomic mass is 10.1. The van der Waals surface area contributed by atoms with Gasteiger partial charge in [0.1, 0.15) is 5.75 Å². The summed E-state index contributed by atoms with van der Waals surface area (Å²) in [6, 6.07) is 14.8. The molecule has 1 fully saturated rings. The van der Waals surface area contributed by atoms with Gasteiger partial charge in [-0.1, -0.05) is 36.4 Å². The minimum Gasteiger partial charge on any atom is -0.495 e. The highest BCUT2D eigenvalue weighted by atomic mass is 16.5. The van der Waals surface area contributed by atoms with E-state index < -0.39 is 0 Å². The minimum absolute atomic E-state index is 0.196. The van der Waals surface area contributed by atoms with Crippen LogP contribution in [0.3, 0.4) is 0 Å². The van der Waals surface area contributed by atoms with Gasteiger partial charge in [-0.2, -0.15) is 0 Å². The molecule has 2 aromatic rings. The monoisotopic (exact) mass is 353 g/mol.